The molecular weight excluding hydrogens is 318 g/mol. The zero-order chi connectivity index (χ0) is 17.1. The van der Waals surface area contributed by atoms with Gasteiger partial charge in [-0.05, 0) is 25.1 Å². The average molecular weight is 334 g/mol. The Balaban J connectivity index is 1.87. The Hall–Kier alpha value is -2.70. The summed E-state index contributed by atoms with van der Waals surface area (Å²) < 4.78 is 35.1. The Bertz CT molecular complexity index is 739. The number of nitrogens with zero attached hydrogens (tertiary/aromatic N) is 2. The molecule has 1 aliphatic heterocycles. The smallest absolute Gasteiger partial charge is 0.277 e. The first-order valence-corrected chi connectivity index (χ1v) is 7.48. The molecule has 1 atom stereocenters. The Morgan fingerprint density at radius 1 is 1.42 bits per heavy atom. The number of rotatable bonds is 4. The molecule has 24 heavy (non-hydrogen) atoms. The lowest BCUT2D eigenvalue weighted by Gasteiger charge is -2.34. The second-order valence-corrected chi connectivity index (χ2v) is 5.38. The van der Waals surface area contributed by atoms with Gasteiger partial charge in [-0.3, -0.25) is 14.7 Å². The maximum Gasteiger partial charge on any atom is 0.277 e. The monoisotopic (exact) mass is 334 g/mol. The predicted octanol–water partition coefficient (Wildman–Crippen LogP) is 3.15. The van der Waals surface area contributed by atoms with Crippen LogP contribution in [-0.4, -0.2) is 36.6 Å². The van der Waals surface area contributed by atoms with Crippen LogP contribution < -0.4 is 14.4 Å². The summed E-state index contributed by atoms with van der Waals surface area (Å²) in [4.78, 5) is 18.5. The van der Waals surface area contributed by atoms with Gasteiger partial charge in [-0.2, -0.15) is 0 Å². The van der Waals surface area contributed by atoms with E-state index in [1.54, 1.807) is 17.0 Å². The normalized spacial score (nSPS) is 16.5. The van der Waals surface area contributed by atoms with E-state index in [1.165, 1.54) is 18.3 Å². The van der Waals surface area contributed by atoms with Crippen LogP contribution in [0.2, 0.25) is 0 Å². The predicted molar refractivity (Wildman–Crippen MR) is 83.9 cm³/mol. The topological polar surface area (TPSA) is 51.7 Å². The summed E-state index contributed by atoms with van der Waals surface area (Å²) in [5, 5.41) is 0. The molecule has 0 spiro atoms. The molecule has 1 aromatic heterocycles. The third-order valence-electron chi connectivity index (χ3n) is 3.59. The lowest BCUT2D eigenvalue weighted by Crippen LogP contribution is -2.45. The van der Waals surface area contributed by atoms with Gasteiger partial charge in [-0.25, -0.2) is 8.78 Å². The lowest BCUT2D eigenvalue weighted by molar-refractivity contribution is 0.0817. The van der Waals surface area contributed by atoms with Gasteiger partial charge in [0, 0.05) is 12.3 Å². The van der Waals surface area contributed by atoms with Crippen molar-refractivity contribution in [2.75, 3.05) is 18.1 Å². The van der Waals surface area contributed by atoms with Crippen LogP contribution in [0.3, 0.4) is 0 Å². The minimum absolute atomic E-state index is 0.130. The van der Waals surface area contributed by atoms with Crippen LogP contribution in [0.15, 0.2) is 42.6 Å². The third-order valence-corrected chi connectivity index (χ3v) is 3.59. The van der Waals surface area contributed by atoms with Crippen LogP contribution in [0.4, 0.5) is 14.5 Å². The van der Waals surface area contributed by atoms with Gasteiger partial charge in [0.1, 0.15) is 30.4 Å². The number of pyridine rings is 1. The van der Waals surface area contributed by atoms with Gasteiger partial charge in [-0.15, -0.1) is 0 Å². The van der Waals surface area contributed by atoms with E-state index in [9.17, 15) is 13.6 Å². The molecular formula is C17H16F2N2O3. The highest BCUT2D eigenvalue weighted by molar-refractivity contribution is 6.06. The number of para-hydroxylation sites is 2. The molecule has 1 aliphatic rings. The van der Waals surface area contributed by atoms with Crippen LogP contribution in [0.1, 0.15) is 17.4 Å². The number of carbonyl (C=O) groups excluding carboxylic acids is 1. The Morgan fingerprint density at radius 3 is 3.00 bits per heavy atom. The summed E-state index contributed by atoms with van der Waals surface area (Å²) in [6, 6.07) is 9.85. The van der Waals surface area contributed by atoms with Gasteiger partial charge in [-0.1, -0.05) is 12.1 Å². The van der Waals surface area contributed by atoms with E-state index < -0.39 is 13.0 Å². The number of anilines is 1. The molecule has 0 aliphatic carbocycles. The van der Waals surface area contributed by atoms with Gasteiger partial charge in [0.15, 0.2) is 0 Å². The second-order valence-electron chi connectivity index (χ2n) is 5.38. The molecule has 126 valence electrons. The maximum absolute atomic E-state index is 12.9. The van der Waals surface area contributed by atoms with E-state index >= 15 is 0 Å². The number of carbonyl (C=O) groups is 1. The van der Waals surface area contributed by atoms with E-state index in [1.807, 2.05) is 19.1 Å². The Labute approximate surface area is 137 Å². The van der Waals surface area contributed by atoms with Crippen molar-refractivity contribution in [3.05, 3.63) is 48.3 Å². The summed E-state index contributed by atoms with van der Waals surface area (Å²) in [5.41, 5.74) is 0.785. The number of alkyl halides is 2. The molecule has 0 radical (unpaired) electrons. The minimum Gasteiger partial charge on any atom is -0.489 e. The maximum atomic E-state index is 12.9. The zero-order valence-corrected chi connectivity index (χ0v) is 13.0. The number of benzene rings is 1. The molecule has 2 aromatic rings. The molecule has 0 fully saturated rings. The highest BCUT2D eigenvalue weighted by atomic mass is 19.3. The molecule has 0 saturated carbocycles. The molecule has 7 heteroatoms. The van der Waals surface area contributed by atoms with E-state index in [4.69, 9.17) is 9.47 Å². The minimum atomic E-state index is -2.58. The van der Waals surface area contributed by atoms with Crippen molar-refractivity contribution in [2.24, 2.45) is 0 Å². The van der Waals surface area contributed by atoms with Crippen molar-refractivity contribution in [3.63, 3.8) is 0 Å². The van der Waals surface area contributed by atoms with Crippen molar-refractivity contribution >= 4 is 11.6 Å². The van der Waals surface area contributed by atoms with Crippen molar-refractivity contribution in [2.45, 2.75) is 19.4 Å². The van der Waals surface area contributed by atoms with Crippen molar-refractivity contribution < 1.29 is 23.0 Å². The molecule has 0 saturated heterocycles. The Morgan fingerprint density at radius 2 is 2.21 bits per heavy atom. The number of fused-ring (bicyclic) bond motifs is 1. The van der Waals surface area contributed by atoms with E-state index in [0.29, 0.717) is 18.0 Å². The number of halogens is 2. The second kappa shape index (κ2) is 6.82. The largest absolute Gasteiger partial charge is 0.489 e. The summed E-state index contributed by atoms with van der Waals surface area (Å²) in [5.74, 6) is 0.470. The van der Waals surface area contributed by atoms with Crippen LogP contribution in [0.25, 0.3) is 0 Å². The third kappa shape index (κ3) is 3.29. The standard InChI is InChI=1S/C17H16F2N2O3/c1-11-9-24-15-5-3-2-4-14(15)21(11)17(22)13-8-12(6-7-20-13)23-10-16(18)19/h2-8,11,16H,9-10H2,1H3. The SMILES string of the molecule is CC1COc2ccccc2N1C(=O)c1cc(OCC(F)F)ccn1. The number of hydrogen-bond acceptors (Lipinski definition) is 4. The van der Waals surface area contributed by atoms with Crippen molar-refractivity contribution in [1.82, 2.24) is 4.98 Å². The number of amides is 1. The fraction of sp³-hybridized carbons (Fsp3) is 0.294. The number of hydrogen-bond donors (Lipinski definition) is 0. The number of aromatic nitrogens is 1. The van der Waals surface area contributed by atoms with Gasteiger partial charge >= 0.3 is 0 Å². The van der Waals surface area contributed by atoms with Crippen LogP contribution in [0, 0.1) is 0 Å². The number of ether oxygens (including phenoxy) is 2. The molecule has 2 heterocycles. The van der Waals surface area contributed by atoms with Gasteiger partial charge in [0.2, 0.25) is 0 Å². The summed E-state index contributed by atoms with van der Waals surface area (Å²) in [7, 11) is 0. The molecule has 1 aromatic carbocycles. The summed E-state index contributed by atoms with van der Waals surface area (Å²) >= 11 is 0. The summed E-state index contributed by atoms with van der Waals surface area (Å²) in [6.45, 7) is 1.50. The van der Waals surface area contributed by atoms with E-state index in [-0.39, 0.29) is 23.4 Å². The molecule has 0 N–H and O–H groups in total. The van der Waals surface area contributed by atoms with Gasteiger partial charge in [0.25, 0.3) is 12.3 Å². The fourth-order valence-electron chi connectivity index (χ4n) is 2.51. The molecule has 0 bridgehead atoms. The Kier molecular flexibility index (Phi) is 4.59. The van der Waals surface area contributed by atoms with Crippen LogP contribution in [-0.2, 0) is 0 Å². The summed E-state index contributed by atoms with van der Waals surface area (Å²) in [6.07, 6.45) is -1.21. The first kappa shape index (κ1) is 16.2. The van der Waals surface area contributed by atoms with Crippen LogP contribution >= 0.6 is 0 Å². The van der Waals surface area contributed by atoms with E-state index in [2.05, 4.69) is 4.98 Å². The van der Waals surface area contributed by atoms with E-state index in [0.717, 1.165) is 0 Å². The van der Waals surface area contributed by atoms with Crippen molar-refractivity contribution in [1.29, 1.82) is 0 Å². The first-order chi connectivity index (χ1) is 11.6. The molecule has 1 amide bonds. The quantitative estimate of drug-likeness (QED) is 0.862. The fourth-order valence-corrected chi connectivity index (χ4v) is 2.51. The van der Waals surface area contributed by atoms with Crippen LogP contribution in [0.5, 0.6) is 11.5 Å². The molecule has 3 rings (SSSR count). The van der Waals surface area contributed by atoms with Gasteiger partial charge < -0.3 is 9.47 Å². The molecule has 1 unspecified atom stereocenters. The highest BCUT2D eigenvalue weighted by Crippen LogP contribution is 2.34. The highest BCUT2D eigenvalue weighted by Gasteiger charge is 2.30. The zero-order valence-electron chi connectivity index (χ0n) is 13.0. The van der Waals surface area contributed by atoms with Gasteiger partial charge in [0.05, 0.1) is 11.7 Å². The molecule has 5 nitrogen and oxygen atoms in total. The lowest BCUT2D eigenvalue weighted by atomic mass is 10.1. The average Bonchev–Trinajstić information content (AvgIpc) is 2.59. The first-order valence-electron chi connectivity index (χ1n) is 7.48. The van der Waals surface area contributed by atoms with Crippen molar-refractivity contribution in [3.8, 4) is 11.5 Å².